The Kier molecular flexibility index (Phi) is 8.16. The van der Waals surface area contributed by atoms with Crippen molar-refractivity contribution in [3.63, 3.8) is 0 Å². The maximum Gasteiger partial charge on any atom is 0.240 e. The highest BCUT2D eigenvalue weighted by atomic mass is 32.2. The zero-order valence-corrected chi connectivity index (χ0v) is 20.0. The minimum Gasteiger partial charge on any atom is -0.326 e. The number of nitrogens with one attached hydrogen (secondary N) is 2. The second kappa shape index (κ2) is 10.6. The van der Waals surface area contributed by atoms with Crippen LogP contribution in [0.15, 0.2) is 41.3 Å². The minimum absolute atomic E-state index is 0.0473. The van der Waals surface area contributed by atoms with Gasteiger partial charge < -0.3 is 5.32 Å². The summed E-state index contributed by atoms with van der Waals surface area (Å²) in [7, 11) is -3.65. The number of thioether (sulfide) groups is 1. The van der Waals surface area contributed by atoms with E-state index in [1.165, 1.54) is 17.1 Å². The molecule has 8 heteroatoms. The van der Waals surface area contributed by atoms with Gasteiger partial charge in [-0.15, -0.1) is 0 Å². The lowest BCUT2D eigenvalue weighted by Crippen LogP contribution is -2.32. The lowest BCUT2D eigenvalue weighted by Gasteiger charge is -2.26. The Balaban J connectivity index is 1.51. The monoisotopic (exact) mass is 461 g/mol. The zero-order valence-electron chi connectivity index (χ0n) is 18.4. The van der Waals surface area contributed by atoms with Crippen LogP contribution in [0.3, 0.4) is 0 Å². The third kappa shape index (κ3) is 6.80. The van der Waals surface area contributed by atoms with Gasteiger partial charge in [-0.25, -0.2) is 13.1 Å². The van der Waals surface area contributed by atoms with Gasteiger partial charge in [-0.2, -0.15) is 11.8 Å². The van der Waals surface area contributed by atoms with E-state index in [4.69, 9.17) is 0 Å². The molecule has 0 bridgehead atoms. The second-order valence-electron chi connectivity index (χ2n) is 8.00. The number of rotatable bonds is 8. The molecule has 0 aliphatic carbocycles. The molecule has 2 N–H and O–H groups in total. The van der Waals surface area contributed by atoms with E-state index in [1.54, 1.807) is 19.1 Å². The lowest BCUT2D eigenvalue weighted by molar-refractivity contribution is -0.116. The molecule has 31 heavy (non-hydrogen) atoms. The molecule has 0 saturated carbocycles. The summed E-state index contributed by atoms with van der Waals surface area (Å²) < 4.78 is 27.6. The van der Waals surface area contributed by atoms with Crippen LogP contribution >= 0.6 is 11.8 Å². The molecule has 0 unspecified atom stereocenters. The van der Waals surface area contributed by atoms with Gasteiger partial charge in [-0.1, -0.05) is 24.3 Å². The Morgan fingerprint density at radius 1 is 1.03 bits per heavy atom. The van der Waals surface area contributed by atoms with Crippen LogP contribution in [0.4, 0.5) is 5.69 Å². The van der Waals surface area contributed by atoms with E-state index in [1.807, 2.05) is 43.8 Å². The lowest BCUT2D eigenvalue weighted by atomic mass is 10.1. The molecule has 168 valence electrons. The van der Waals surface area contributed by atoms with Gasteiger partial charge in [-0.3, -0.25) is 9.69 Å². The van der Waals surface area contributed by atoms with E-state index < -0.39 is 10.0 Å². The Hall–Kier alpha value is -1.87. The number of benzene rings is 2. The highest BCUT2D eigenvalue weighted by Crippen LogP contribution is 2.20. The van der Waals surface area contributed by atoms with Crippen molar-refractivity contribution in [2.45, 2.75) is 38.6 Å². The van der Waals surface area contributed by atoms with Gasteiger partial charge in [0.15, 0.2) is 0 Å². The van der Waals surface area contributed by atoms with Gasteiger partial charge in [0.25, 0.3) is 0 Å². The summed E-state index contributed by atoms with van der Waals surface area (Å²) in [6.45, 7) is 8.79. The van der Waals surface area contributed by atoms with Crippen LogP contribution in [0.5, 0.6) is 0 Å². The molecule has 3 rings (SSSR count). The Morgan fingerprint density at radius 2 is 1.77 bits per heavy atom. The van der Waals surface area contributed by atoms with Crippen LogP contribution in [0.2, 0.25) is 0 Å². The molecule has 1 aliphatic heterocycles. The van der Waals surface area contributed by atoms with Crippen LogP contribution in [0.1, 0.15) is 28.7 Å². The van der Waals surface area contributed by atoms with E-state index >= 15 is 0 Å². The Labute approximate surface area is 189 Å². The zero-order chi connectivity index (χ0) is 22.4. The molecular weight excluding hydrogens is 430 g/mol. The molecule has 0 atom stereocenters. The SMILES string of the molecule is Cc1ccc(C)c(S(=O)(=O)NCCC(=O)Nc2ccc(CN3CCSCC3)cc2C)c1. The predicted octanol–water partition coefficient (Wildman–Crippen LogP) is 3.47. The maximum atomic E-state index is 12.6. The standard InChI is InChI=1S/C23H31N3O3S2/c1-17-4-5-18(2)22(14-17)31(28,29)24-9-8-23(27)25-21-7-6-20(15-19(21)3)16-26-10-12-30-13-11-26/h4-7,14-15,24H,8-13,16H2,1-3H3,(H,25,27). The van der Waals surface area contributed by atoms with E-state index in [2.05, 4.69) is 21.0 Å². The quantitative estimate of drug-likeness (QED) is 0.629. The average molecular weight is 462 g/mol. The van der Waals surface area contributed by atoms with Gasteiger partial charge in [0.05, 0.1) is 4.90 Å². The van der Waals surface area contributed by atoms with E-state index in [0.29, 0.717) is 5.56 Å². The van der Waals surface area contributed by atoms with Crippen molar-refractivity contribution < 1.29 is 13.2 Å². The van der Waals surface area contributed by atoms with Gasteiger partial charge in [0.2, 0.25) is 15.9 Å². The Morgan fingerprint density at radius 3 is 2.48 bits per heavy atom. The molecule has 1 heterocycles. The topological polar surface area (TPSA) is 78.5 Å². The molecule has 1 saturated heterocycles. The molecule has 0 spiro atoms. The number of nitrogens with zero attached hydrogens (tertiary/aromatic N) is 1. The van der Waals surface area contributed by atoms with Gasteiger partial charge in [0, 0.05) is 49.8 Å². The normalized spacial score (nSPS) is 15.1. The molecule has 0 radical (unpaired) electrons. The largest absolute Gasteiger partial charge is 0.326 e. The van der Waals surface area contributed by atoms with Gasteiger partial charge >= 0.3 is 0 Å². The number of anilines is 1. The van der Waals surface area contributed by atoms with Crippen molar-refractivity contribution in [1.29, 1.82) is 0 Å². The average Bonchev–Trinajstić information content (AvgIpc) is 2.72. The van der Waals surface area contributed by atoms with Gasteiger partial charge in [-0.05, 0) is 55.2 Å². The molecule has 0 aromatic heterocycles. The summed E-state index contributed by atoms with van der Waals surface area (Å²) in [5.74, 6) is 2.15. The molecule has 1 fully saturated rings. The highest BCUT2D eigenvalue weighted by Gasteiger charge is 2.17. The molecule has 6 nitrogen and oxygen atoms in total. The number of amides is 1. The summed E-state index contributed by atoms with van der Waals surface area (Å²) in [6.07, 6.45) is 0.0662. The molecule has 2 aromatic carbocycles. The molecule has 1 aliphatic rings. The first-order chi connectivity index (χ1) is 14.7. The van der Waals surface area contributed by atoms with Crippen molar-refractivity contribution in [2.75, 3.05) is 36.5 Å². The van der Waals surface area contributed by atoms with Crippen molar-refractivity contribution in [3.8, 4) is 0 Å². The highest BCUT2D eigenvalue weighted by molar-refractivity contribution is 7.99. The van der Waals surface area contributed by atoms with Crippen molar-refractivity contribution in [2.24, 2.45) is 0 Å². The number of hydrogen-bond donors (Lipinski definition) is 2. The number of aryl methyl sites for hydroxylation is 3. The van der Waals surface area contributed by atoms with Crippen LogP contribution < -0.4 is 10.0 Å². The predicted molar refractivity (Wildman–Crippen MR) is 128 cm³/mol. The van der Waals surface area contributed by atoms with Crippen LogP contribution in [-0.4, -0.2) is 50.4 Å². The van der Waals surface area contributed by atoms with Crippen molar-refractivity contribution >= 4 is 33.4 Å². The molecular formula is C23H31N3O3S2. The van der Waals surface area contributed by atoms with E-state index in [9.17, 15) is 13.2 Å². The summed E-state index contributed by atoms with van der Waals surface area (Å²) >= 11 is 2.00. The smallest absolute Gasteiger partial charge is 0.240 e. The fraction of sp³-hybridized carbons (Fsp3) is 0.435. The van der Waals surface area contributed by atoms with Crippen LogP contribution in [-0.2, 0) is 21.4 Å². The Bertz CT molecular complexity index is 1030. The minimum atomic E-state index is -3.65. The second-order valence-corrected chi connectivity index (χ2v) is 11.0. The molecule has 2 aromatic rings. The fourth-order valence-electron chi connectivity index (χ4n) is 3.57. The summed E-state index contributed by atoms with van der Waals surface area (Å²) in [5, 5.41) is 2.90. The fourth-order valence-corrected chi connectivity index (χ4v) is 5.91. The van der Waals surface area contributed by atoms with Crippen molar-refractivity contribution in [1.82, 2.24) is 9.62 Å². The van der Waals surface area contributed by atoms with E-state index in [-0.39, 0.29) is 23.8 Å². The van der Waals surface area contributed by atoms with Crippen LogP contribution in [0, 0.1) is 20.8 Å². The number of hydrogen-bond acceptors (Lipinski definition) is 5. The van der Waals surface area contributed by atoms with E-state index in [0.717, 1.165) is 36.4 Å². The molecule has 1 amide bonds. The first-order valence-electron chi connectivity index (χ1n) is 10.5. The summed E-state index contributed by atoms with van der Waals surface area (Å²) in [4.78, 5) is 15.1. The third-order valence-electron chi connectivity index (χ3n) is 5.35. The van der Waals surface area contributed by atoms with Crippen molar-refractivity contribution in [3.05, 3.63) is 58.7 Å². The third-order valence-corrected chi connectivity index (χ3v) is 7.90. The van der Waals surface area contributed by atoms with Gasteiger partial charge in [0.1, 0.15) is 0 Å². The number of carbonyl (C=O) groups excluding carboxylic acids is 1. The first-order valence-corrected chi connectivity index (χ1v) is 13.1. The first kappa shape index (κ1) is 23.8. The summed E-state index contributed by atoms with van der Waals surface area (Å²) in [5.41, 5.74) is 4.57. The summed E-state index contributed by atoms with van der Waals surface area (Å²) in [6, 6.07) is 11.4. The van der Waals surface area contributed by atoms with Crippen LogP contribution in [0.25, 0.3) is 0 Å². The number of carbonyl (C=O) groups is 1. The number of sulfonamides is 1. The maximum absolute atomic E-state index is 12.6.